The van der Waals surface area contributed by atoms with Crippen molar-refractivity contribution in [2.75, 3.05) is 19.6 Å². The van der Waals surface area contributed by atoms with E-state index in [2.05, 4.69) is 5.32 Å². The predicted octanol–water partition coefficient (Wildman–Crippen LogP) is 1.89. The van der Waals surface area contributed by atoms with Crippen molar-refractivity contribution in [2.45, 2.75) is 32.3 Å². The Kier molecular flexibility index (Phi) is 6.13. The Labute approximate surface area is 157 Å². The van der Waals surface area contributed by atoms with Crippen molar-refractivity contribution >= 4 is 29.5 Å². The Bertz CT molecular complexity index is 685. The van der Waals surface area contributed by atoms with Crippen LogP contribution < -0.4 is 11.1 Å². The molecule has 1 aromatic carbocycles. The van der Waals surface area contributed by atoms with E-state index in [4.69, 9.17) is 22.1 Å². The van der Waals surface area contributed by atoms with Crippen LogP contribution in [0, 0.1) is 5.92 Å². The summed E-state index contributed by atoms with van der Waals surface area (Å²) in [5.41, 5.74) is 5.36. The van der Waals surface area contributed by atoms with Crippen molar-refractivity contribution in [3.8, 4) is 0 Å². The van der Waals surface area contributed by atoms with Crippen LogP contribution in [0.4, 0.5) is 4.79 Å². The summed E-state index contributed by atoms with van der Waals surface area (Å²) in [6.45, 7) is 5.66. The minimum Gasteiger partial charge on any atom is -0.444 e. The normalized spacial score (nSPS) is 19.9. The first-order valence-corrected chi connectivity index (χ1v) is 8.74. The second kappa shape index (κ2) is 7.95. The molecule has 2 rings (SSSR count). The molecule has 0 aliphatic carbocycles. The number of hydrogen-bond acceptors (Lipinski definition) is 4. The van der Waals surface area contributed by atoms with Crippen molar-refractivity contribution < 1.29 is 19.1 Å². The number of primary amides is 1. The largest absolute Gasteiger partial charge is 0.444 e. The molecule has 0 bridgehead atoms. The number of benzene rings is 1. The van der Waals surface area contributed by atoms with Crippen molar-refractivity contribution in [3.63, 3.8) is 0 Å². The number of nitrogens with one attached hydrogen (secondary N) is 1. The number of amides is 3. The van der Waals surface area contributed by atoms with Gasteiger partial charge < -0.3 is 20.7 Å². The maximum Gasteiger partial charge on any atom is 0.410 e. The quantitative estimate of drug-likeness (QED) is 0.831. The highest BCUT2D eigenvalue weighted by molar-refractivity contribution is 6.30. The molecule has 0 radical (unpaired) electrons. The summed E-state index contributed by atoms with van der Waals surface area (Å²) in [5, 5.41) is 3.11. The summed E-state index contributed by atoms with van der Waals surface area (Å²) in [6.07, 6.45) is -0.471. The Balaban J connectivity index is 2.20. The third-order valence-corrected chi connectivity index (χ3v) is 4.30. The summed E-state index contributed by atoms with van der Waals surface area (Å²) >= 11 is 5.94. The second-order valence-corrected chi connectivity index (χ2v) is 7.77. The first-order chi connectivity index (χ1) is 12.1. The Morgan fingerprint density at radius 2 is 1.85 bits per heavy atom. The highest BCUT2D eigenvalue weighted by atomic mass is 35.5. The van der Waals surface area contributed by atoms with E-state index in [1.165, 1.54) is 4.90 Å². The fourth-order valence-electron chi connectivity index (χ4n) is 2.90. The van der Waals surface area contributed by atoms with Gasteiger partial charge in [0, 0.05) is 24.0 Å². The van der Waals surface area contributed by atoms with Crippen molar-refractivity contribution in [1.29, 1.82) is 0 Å². The number of halogens is 1. The van der Waals surface area contributed by atoms with Crippen molar-refractivity contribution in [1.82, 2.24) is 10.2 Å². The monoisotopic (exact) mass is 381 g/mol. The smallest absolute Gasteiger partial charge is 0.410 e. The molecule has 26 heavy (non-hydrogen) atoms. The molecule has 8 heteroatoms. The Hall–Kier alpha value is -2.28. The van der Waals surface area contributed by atoms with Gasteiger partial charge in [-0.15, -0.1) is 0 Å². The van der Waals surface area contributed by atoms with Crippen LogP contribution in [-0.2, 0) is 14.3 Å². The number of carbonyl (C=O) groups excluding carboxylic acids is 3. The lowest BCUT2D eigenvalue weighted by Crippen LogP contribution is -2.40. The molecule has 0 unspecified atom stereocenters. The Morgan fingerprint density at radius 1 is 1.23 bits per heavy atom. The molecule has 3 amide bonds. The number of carbonyl (C=O) groups is 3. The molecule has 1 aliphatic heterocycles. The van der Waals surface area contributed by atoms with Crippen LogP contribution >= 0.6 is 11.6 Å². The van der Waals surface area contributed by atoms with Gasteiger partial charge in [0.15, 0.2) is 0 Å². The number of ether oxygens (including phenoxy) is 1. The summed E-state index contributed by atoms with van der Waals surface area (Å²) in [5.74, 6) is -1.69. The predicted molar refractivity (Wildman–Crippen MR) is 97.7 cm³/mol. The van der Waals surface area contributed by atoms with Gasteiger partial charge >= 0.3 is 6.09 Å². The first kappa shape index (κ1) is 20.0. The summed E-state index contributed by atoms with van der Waals surface area (Å²) in [7, 11) is 0. The topological polar surface area (TPSA) is 102 Å². The van der Waals surface area contributed by atoms with E-state index in [0.717, 1.165) is 5.56 Å². The summed E-state index contributed by atoms with van der Waals surface area (Å²) in [4.78, 5) is 37.4. The lowest BCUT2D eigenvalue weighted by molar-refractivity contribution is -0.127. The van der Waals surface area contributed by atoms with E-state index >= 15 is 0 Å². The molecule has 142 valence electrons. The molecule has 1 aromatic rings. The molecule has 0 aromatic heterocycles. The van der Waals surface area contributed by atoms with Gasteiger partial charge in [0.2, 0.25) is 11.8 Å². The zero-order chi connectivity index (χ0) is 19.5. The van der Waals surface area contributed by atoms with E-state index in [1.54, 1.807) is 32.9 Å². The third-order valence-electron chi connectivity index (χ3n) is 4.04. The number of likely N-dealkylation sites (tertiary alicyclic amines) is 1. The first-order valence-electron chi connectivity index (χ1n) is 8.36. The fraction of sp³-hybridized carbons (Fsp3) is 0.500. The minimum absolute atomic E-state index is 0.201. The van der Waals surface area contributed by atoms with Gasteiger partial charge in [-0.25, -0.2) is 4.79 Å². The van der Waals surface area contributed by atoms with Gasteiger partial charge in [-0.05, 0) is 38.5 Å². The van der Waals surface area contributed by atoms with Crippen LogP contribution in [0.2, 0.25) is 5.02 Å². The molecular weight excluding hydrogens is 358 g/mol. The maximum absolute atomic E-state index is 12.5. The molecular formula is C18H24ClN3O4. The lowest BCUT2D eigenvalue weighted by Gasteiger charge is -2.24. The average molecular weight is 382 g/mol. The van der Waals surface area contributed by atoms with Gasteiger partial charge in [0.1, 0.15) is 5.60 Å². The molecule has 1 saturated heterocycles. The van der Waals surface area contributed by atoms with Gasteiger partial charge in [-0.1, -0.05) is 23.7 Å². The average Bonchev–Trinajstić information content (AvgIpc) is 2.97. The zero-order valence-corrected chi connectivity index (χ0v) is 15.9. The summed E-state index contributed by atoms with van der Waals surface area (Å²) < 4.78 is 5.41. The van der Waals surface area contributed by atoms with E-state index in [0.29, 0.717) is 11.6 Å². The van der Waals surface area contributed by atoms with Crippen molar-refractivity contribution in [3.05, 3.63) is 34.9 Å². The summed E-state index contributed by atoms with van der Waals surface area (Å²) in [6, 6.07) is 7.15. The molecule has 1 aliphatic rings. The van der Waals surface area contributed by atoms with Crippen LogP contribution in [0.25, 0.3) is 0 Å². The molecule has 2 atom stereocenters. The number of rotatable bonds is 4. The van der Waals surface area contributed by atoms with Gasteiger partial charge in [0.05, 0.1) is 12.5 Å². The Morgan fingerprint density at radius 3 is 2.38 bits per heavy atom. The second-order valence-electron chi connectivity index (χ2n) is 7.33. The van der Waals surface area contributed by atoms with Crippen LogP contribution in [0.3, 0.4) is 0 Å². The van der Waals surface area contributed by atoms with Crippen molar-refractivity contribution in [2.24, 2.45) is 11.7 Å². The molecule has 7 nitrogen and oxygen atoms in total. The highest BCUT2D eigenvalue weighted by Crippen LogP contribution is 2.34. The van der Waals surface area contributed by atoms with Crippen LogP contribution in [0.15, 0.2) is 24.3 Å². The van der Waals surface area contributed by atoms with E-state index in [9.17, 15) is 14.4 Å². The SMILES string of the molecule is CC(C)(C)OC(=O)N1C[C@@H](C(=O)NCC(N)=O)[C@H](c2ccc(Cl)cc2)C1. The number of nitrogens with two attached hydrogens (primary N) is 1. The van der Waals surface area contributed by atoms with E-state index in [-0.39, 0.29) is 24.9 Å². The van der Waals surface area contributed by atoms with Gasteiger partial charge in [0.25, 0.3) is 0 Å². The standard InChI is InChI=1S/C18H24ClN3O4/c1-18(2,3)26-17(25)22-9-13(11-4-6-12(19)7-5-11)14(10-22)16(24)21-8-15(20)23/h4-7,13-14H,8-10H2,1-3H3,(H2,20,23)(H,21,24)/t13-,14+/m0/s1. The number of hydrogen-bond donors (Lipinski definition) is 2. The van der Waals surface area contributed by atoms with E-state index in [1.807, 2.05) is 12.1 Å². The number of nitrogens with zero attached hydrogens (tertiary/aromatic N) is 1. The molecule has 0 spiro atoms. The fourth-order valence-corrected chi connectivity index (χ4v) is 3.02. The van der Waals surface area contributed by atoms with Gasteiger partial charge in [-0.2, -0.15) is 0 Å². The molecule has 3 N–H and O–H groups in total. The van der Waals surface area contributed by atoms with E-state index < -0.39 is 23.5 Å². The van der Waals surface area contributed by atoms with Crippen LogP contribution in [0.1, 0.15) is 32.3 Å². The minimum atomic E-state index is -0.626. The third kappa shape index (κ3) is 5.36. The molecule has 0 saturated carbocycles. The van der Waals surface area contributed by atoms with Gasteiger partial charge in [-0.3, -0.25) is 9.59 Å². The maximum atomic E-state index is 12.5. The lowest BCUT2D eigenvalue weighted by atomic mass is 9.88. The molecule has 1 heterocycles. The molecule has 1 fully saturated rings. The van der Waals surface area contributed by atoms with Crippen LogP contribution in [-0.4, -0.2) is 48.0 Å². The zero-order valence-electron chi connectivity index (χ0n) is 15.1. The van der Waals surface area contributed by atoms with Crippen LogP contribution in [0.5, 0.6) is 0 Å². The highest BCUT2D eigenvalue weighted by Gasteiger charge is 2.41.